The van der Waals surface area contributed by atoms with Crippen molar-refractivity contribution in [3.63, 3.8) is 0 Å². The molecule has 132 valence electrons. The van der Waals surface area contributed by atoms with Crippen molar-refractivity contribution in [1.82, 2.24) is 0 Å². The molecule has 0 rings (SSSR count). The fraction of sp³-hybridized carbons (Fsp3) is 0.550. The van der Waals surface area contributed by atoms with Crippen LogP contribution >= 0.6 is 0 Å². The summed E-state index contributed by atoms with van der Waals surface area (Å²) in [5.41, 5.74) is 3.91. The van der Waals surface area contributed by atoms with Crippen molar-refractivity contribution in [1.29, 1.82) is 0 Å². The van der Waals surface area contributed by atoms with Gasteiger partial charge < -0.3 is 10.2 Å². The van der Waals surface area contributed by atoms with E-state index in [1.54, 1.807) is 6.08 Å². The fourth-order valence-electron chi connectivity index (χ4n) is 1.47. The van der Waals surface area contributed by atoms with Gasteiger partial charge in [-0.15, -0.1) is 0 Å². The van der Waals surface area contributed by atoms with Gasteiger partial charge in [-0.05, 0) is 45.1 Å². The molecule has 0 aliphatic carbocycles. The second-order valence-electron chi connectivity index (χ2n) is 6.62. The van der Waals surface area contributed by atoms with Crippen molar-refractivity contribution in [3.05, 3.63) is 46.6 Å². The summed E-state index contributed by atoms with van der Waals surface area (Å²) in [5, 5.41) is 17.7. The van der Waals surface area contributed by atoms with Crippen molar-refractivity contribution < 1.29 is 15.0 Å². The number of carboxylic acids is 1. The zero-order valence-electron chi connectivity index (χ0n) is 16.0. The molecule has 0 radical (unpaired) electrons. The Morgan fingerprint density at radius 1 is 0.826 bits per heavy atom. The lowest BCUT2D eigenvalue weighted by Crippen LogP contribution is -2.06. The van der Waals surface area contributed by atoms with Gasteiger partial charge in [0.15, 0.2) is 0 Å². The number of aliphatic carboxylic acids is 1. The maximum absolute atomic E-state index is 10.7. The van der Waals surface area contributed by atoms with Gasteiger partial charge in [0.1, 0.15) is 0 Å². The first-order chi connectivity index (χ1) is 10.5. The maximum atomic E-state index is 10.7. The molecule has 3 nitrogen and oxygen atoms in total. The minimum Gasteiger partial charge on any atom is -0.478 e. The number of hydrogen-bond acceptors (Lipinski definition) is 2. The Morgan fingerprint density at radius 3 is 1.52 bits per heavy atom. The fourth-order valence-corrected chi connectivity index (χ4v) is 1.47. The Morgan fingerprint density at radius 2 is 1.26 bits per heavy atom. The van der Waals surface area contributed by atoms with Crippen LogP contribution < -0.4 is 0 Å². The molecule has 0 aliphatic rings. The molecule has 0 unspecified atom stereocenters. The van der Waals surface area contributed by atoms with Gasteiger partial charge in [0.2, 0.25) is 0 Å². The highest BCUT2D eigenvalue weighted by Gasteiger charge is 2.09. The molecule has 0 saturated carbocycles. The molecule has 2 N–H and O–H groups in total. The summed E-state index contributed by atoms with van der Waals surface area (Å²) in [6.45, 7) is 16.1. The van der Waals surface area contributed by atoms with Crippen LogP contribution in [0.1, 0.15) is 55.4 Å². The third kappa shape index (κ3) is 13.8. The molecule has 0 aliphatic heterocycles. The number of aliphatic hydroxyl groups is 1. The standard InChI is InChI=1S/C10H16O2.C10H18O/c1-7(2)5-6-9(8(3)4)10(11)12;1-8(2)5-6-10(7-11)9(3)4/h5-6,8H,1-4H3,(H,11,12);5-6,9,11H,7H2,1-4H3/b9-6+;10-6-. The molecule has 0 atom stereocenters. The maximum Gasteiger partial charge on any atom is 0.331 e. The van der Waals surface area contributed by atoms with Gasteiger partial charge in [-0.1, -0.05) is 63.1 Å². The van der Waals surface area contributed by atoms with E-state index >= 15 is 0 Å². The van der Waals surface area contributed by atoms with Crippen LogP contribution in [0.3, 0.4) is 0 Å². The van der Waals surface area contributed by atoms with Gasteiger partial charge in [0, 0.05) is 5.57 Å². The lowest BCUT2D eigenvalue weighted by Gasteiger charge is -2.05. The normalized spacial score (nSPS) is 11.8. The van der Waals surface area contributed by atoms with Crippen molar-refractivity contribution in [2.75, 3.05) is 6.61 Å². The molecule has 0 spiro atoms. The topological polar surface area (TPSA) is 57.5 Å². The predicted octanol–water partition coefficient (Wildman–Crippen LogP) is 5.15. The Kier molecular flexibility index (Phi) is 13.3. The monoisotopic (exact) mass is 322 g/mol. The quantitative estimate of drug-likeness (QED) is 0.525. The second-order valence-corrected chi connectivity index (χ2v) is 6.62. The SMILES string of the molecule is CC(C)=C/C=C(/C(=O)O)C(C)C.CC(C)=C/C=C(/CO)C(C)C. The van der Waals surface area contributed by atoms with E-state index < -0.39 is 5.97 Å². The van der Waals surface area contributed by atoms with E-state index in [-0.39, 0.29) is 12.5 Å². The average molecular weight is 322 g/mol. The van der Waals surface area contributed by atoms with E-state index in [4.69, 9.17) is 10.2 Å². The van der Waals surface area contributed by atoms with Crippen LogP contribution in [0.4, 0.5) is 0 Å². The summed E-state index contributed by atoms with van der Waals surface area (Å²) >= 11 is 0. The summed E-state index contributed by atoms with van der Waals surface area (Å²) in [6.07, 6.45) is 7.53. The number of carboxylic acid groups (broad SMARTS) is 1. The number of hydrogen-bond donors (Lipinski definition) is 2. The highest BCUT2D eigenvalue weighted by atomic mass is 16.4. The molecular formula is C20H34O3. The Bertz CT molecular complexity index is 467. The first kappa shape index (κ1) is 23.7. The van der Waals surface area contributed by atoms with Crippen LogP contribution in [0.15, 0.2) is 46.6 Å². The van der Waals surface area contributed by atoms with Gasteiger partial charge in [0.05, 0.1) is 6.61 Å². The summed E-state index contributed by atoms with van der Waals surface area (Å²) in [7, 11) is 0. The number of carbonyl (C=O) groups is 1. The molecule has 0 heterocycles. The van der Waals surface area contributed by atoms with Gasteiger partial charge in [-0.25, -0.2) is 4.79 Å². The molecule has 0 amide bonds. The Hall–Kier alpha value is -1.61. The molecule has 0 bridgehead atoms. The minimum atomic E-state index is -0.831. The van der Waals surface area contributed by atoms with Crippen LogP contribution in [0, 0.1) is 11.8 Å². The lowest BCUT2D eigenvalue weighted by atomic mass is 10.0. The van der Waals surface area contributed by atoms with Gasteiger partial charge in [0.25, 0.3) is 0 Å². The first-order valence-electron chi connectivity index (χ1n) is 8.06. The Balaban J connectivity index is 0. The minimum absolute atomic E-state index is 0.0677. The number of allylic oxidation sites excluding steroid dienone is 6. The van der Waals surface area contributed by atoms with Crippen LogP contribution in [-0.4, -0.2) is 22.8 Å². The highest BCUT2D eigenvalue weighted by Crippen LogP contribution is 2.10. The lowest BCUT2D eigenvalue weighted by molar-refractivity contribution is -0.133. The summed E-state index contributed by atoms with van der Waals surface area (Å²) in [5.74, 6) is -0.323. The first-order valence-corrected chi connectivity index (χ1v) is 8.06. The zero-order valence-corrected chi connectivity index (χ0v) is 16.0. The molecule has 0 aromatic carbocycles. The number of aliphatic hydroxyl groups excluding tert-OH is 1. The smallest absolute Gasteiger partial charge is 0.331 e. The molecule has 0 aromatic heterocycles. The van der Waals surface area contributed by atoms with E-state index in [2.05, 4.69) is 13.8 Å². The second kappa shape index (κ2) is 12.9. The molecular weight excluding hydrogens is 288 g/mol. The van der Waals surface area contributed by atoms with Crippen molar-refractivity contribution >= 4 is 5.97 Å². The van der Waals surface area contributed by atoms with Gasteiger partial charge >= 0.3 is 5.97 Å². The number of rotatable bonds is 6. The summed E-state index contributed by atoms with van der Waals surface area (Å²) in [4.78, 5) is 10.7. The van der Waals surface area contributed by atoms with Crippen molar-refractivity contribution in [2.24, 2.45) is 11.8 Å². The third-order valence-corrected chi connectivity index (χ3v) is 3.02. The van der Waals surface area contributed by atoms with Crippen molar-refractivity contribution in [2.45, 2.75) is 55.4 Å². The van der Waals surface area contributed by atoms with E-state index in [1.807, 2.05) is 59.8 Å². The summed E-state index contributed by atoms with van der Waals surface area (Å²) in [6, 6.07) is 0. The van der Waals surface area contributed by atoms with Gasteiger partial charge in [-0.3, -0.25) is 0 Å². The molecule has 0 saturated heterocycles. The third-order valence-electron chi connectivity index (χ3n) is 3.02. The van der Waals surface area contributed by atoms with E-state index in [1.165, 1.54) is 5.57 Å². The largest absolute Gasteiger partial charge is 0.478 e. The molecule has 23 heavy (non-hydrogen) atoms. The van der Waals surface area contributed by atoms with Gasteiger partial charge in [-0.2, -0.15) is 0 Å². The predicted molar refractivity (Wildman–Crippen MR) is 99.4 cm³/mol. The highest BCUT2D eigenvalue weighted by molar-refractivity contribution is 5.87. The van der Waals surface area contributed by atoms with E-state index in [9.17, 15) is 4.79 Å². The van der Waals surface area contributed by atoms with Crippen LogP contribution in [-0.2, 0) is 4.79 Å². The van der Waals surface area contributed by atoms with Crippen LogP contribution in [0.2, 0.25) is 0 Å². The zero-order chi connectivity index (χ0) is 18.6. The van der Waals surface area contributed by atoms with Crippen molar-refractivity contribution in [3.8, 4) is 0 Å². The summed E-state index contributed by atoms with van der Waals surface area (Å²) < 4.78 is 0. The molecule has 0 aromatic rings. The average Bonchev–Trinajstić information content (AvgIpc) is 2.38. The Labute approximate surface area is 142 Å². The molecule has 3 heteroatoms. The van der Waals surface area contributed by atoms with E-state index in [0.717, 1.165) is 11.1 Å². The molecule has 0 fully saturated rings. The van der Waals surface area contributed by atoms with E-state index in [0.29, 0.717) is 11.5 Å². The van der Waals surface area contributed by atoms with Crippen LogP contribution in [0.5, 0.6) is 0 Å². The van der Waals surface area contributed by atoms with Crippen LogP contribution in [0.25, 0.3) is 0 Å².